The molecule has 0 saturated carbocycles. The van der Waals surface area contributed by atoms with Crippen molar-refractivity contribution in [2.45, 2.75) is 33.4 Å². The lowest BCUT2D eigenvalue weighted by Gasteiger charge is -2.28. The molecular weight excluding hydrogens is 269 g/mol. The smallest absolute Gasteiger partial charge is 0.255 e. The number of aromatic nitrogens is 2. The Balaban J connectivity index is 1.84. The van der Waals surface area contributed by atoms with E-state index in [0.717, 1.165) is 29.8 Å². The molecule has 110 valence electrons. The van der Waals surface area contributed by atoms with Gasteiger partial charge in [-0.3, -0.25) is 9.69 Å². The van der Waals surface area contributed by atoms with Gasteiger partial charge in [-0.2, -0.15) is 0 Å². The zero-order valence-electron chi connectivity index (χ0n) is 12.2. The fraction of sp³-hybridized carbons (Fsp3) is 0.375. The predicted octanol–water partition coefficient (Wildman–Crippen LogP) is 2.08. The normalized spacial score (nSPS) is 15.0. The van der Waals surface area contributed by atoms with Crippen molar-refractivity contribution in [3.8, 4) is 0 Å². The third kappa shape index (κ3) is 2.74. The molecule has 0 aliphatic carbocycles. The van der Waals surface area contributed by atoms with E-state index in [9.17, 15) is 9.18 Å². The molecular formula is C16H18FN3O. The minimum Gasteiger partial charge on any atom is -0.310 e. The van der Waals surface area contributed by atoms with Gasteiger partial charge in [-0.05, 0) is 31.0 Å². The van der Waals surface area contributed by atoms with Gasteiger partial charge in [0.2, 0.25) is 0 Å². The first-order valence-corrected chi connectivity index (χ1v) is 7.09. The summed E-state index contributed by atoms with van der Waals surface area (Å²) < 4.78 is 13.6. The van der Waals surface area contributed by atoms with Crippen molar-refractivity contribution in [2.24, 2.45) is 0 Å². The average molecular weight is 287 g/mol. The van der Waals surface area contributed by atoms with E-state index in [1.807, 2.05) is 6.07 Å². The van der Waals surface area contributed by atoms with Gasteiger partial charge >= 0.3 is 0 Å². The maximum atomic E-state index is 13.6. The molecule has 4 nitrogen and oxygen atoms in total. The molecule has 0 bridgehead atoms. The highest BCUT2D eigenvalue weighted by Crippen LogP contribution is 2.19. The van der Waals surface area contributed by atoms with Crippen LogP contribution < -0.4 is 5.56 Å². The number of hydrogen-bond donors (Lipinski definition) is 1. The van der Waals surface area contributed by atoms with Crippen LogP contribution in [-0.2, 0) is 19.5 Å². The molecule has 1 N–H and O–H groups in total. The van der Waals surface area contributed by atoms with Crippen molar-refractivity contribution in [1.29, 1.82) is 0 Å². The number of nitrogens with zero attached hydrogens (tertiary/aromatic N) is 2. The van der Waals surface area contributed by atoms with Crippen molar-refractivity contribution < 1.29 is 4.39 Å². The number of hydrogen-bond acceptors (Lipinski definition) is 3. The van der Waals surface area contributed by atoms with E-state index in [-0.39, 0.29) is 11.4 Å². The Morgan fingerprint density at radius 3 is 3.00 bits per heavy atom. The van der Waals surface area contributed by atoms with E-state index < -0.39 is 0 Å². The Morgan fingerprint density at radius 2 is 2.19 bits per heavy atom. The molecule has 0 fully saturated rings. The standard InChI is InChI=1S/C16H18FN3O/c1-10-12(4-3-5-14(10)17)8-20-7-6-15-13(9-20)16(21)19-11(2)18-15/h3-5H,6-9H2,1-2H3,(H,18,19,21). The zero-order valence-corrected chi connectivity index (χ0v) is 12.2. The number of fused-ring (bicyclic) bond motifs is 1. The summed E-state index contributed by atoms with van der Waals surface area (Å²) >= 11 is 0. The molecule has 0 radical (unpaired) electrons. The molecule has 0 amide bonds. The molecule has 2 aromatic rings. The van der Waals surface area contributed by atoms with Gasteiger partial charge in [-0.25, -0.2) is 9.37 Å². The van der Waals surface area contributed by atoms with Crippen LogP contribution in [0.25, 0.3) is 0 Å². The molecule has 2 heterocycles. The number of H-pyrrole nitrogens is 1. The van der Waals surface area contributed by atoms with E-state index in [0.29, 0.717) is 24.5 Å². The third-order valence-corrected chi connectivity index (χ3v) is 4.04. The maximum Gasteiger partial charge on any atom is 0.255 e. The summed E-state index contributed by atoms with van der Waals surface area (Å²) in [5.74, 6) is 0.480. The number of aromatic amines is 1. The van der Waals surface area contributed by atoms with E-state index in [1.165, 1.54) is 6.07 Å². The van der Waals surface area contributed by atoms with Crippen LogP contribution in [0.2, 0.25) is 0 Å². The van der Waals surface area contributed by atoms with Crippen LogP contribution in [0.4, 0.5) is 4.39 Å². The van der Waals surface area contributed by atoms with Gasteiger partial charge in [0, 0.05) is 26.1 Å². The van der Waals surface area contributed by atoms with Gasteiger partial charge in [-0.1, -0.05) is 12.1 Å². The molecule has 5 heteroatoms. The second-order valence-electron chi connectivity index (χ2n) is 5.56. The van der Waals surface area contributed by atoms with Crippen LogP contribution in [0.3, 0.4) is 0 Å². The Morgan fingerprint density at radius 1 is 1.38 bits per heavy atom. The molecule has 1 aromatic carbocycles. The van der Waals surface area contributed by atoms with Crippen molar-refractivity contribution >= 4 is 0 Å². The average Bonchev–Trinajstić information content (AvgIpc) is 2.44. The van der Waals surface area contributed by atoms with Gasteiger partial charge in [0.25, 0.3) is 5.56 Å². The lowest BCUT2D eigenvalue weighted by molar-refractivity contribution is 0.240. The highest BCUT2D eigenvalue weighted by atomic mass is 19.1. The lowest BCUT2D eigenvalue weighted by Crippen LogP contribution is -2.35. The van der Waals surface area contributed by atoms with Crippen molar-refractivity contribution in [3.05, 3.63) is 62.6 Å². The van der Waals surface area contributed by atoms with Crippen molar-refractivity contribution in [1.82, 2.24) is 14.9 Å². The summed E-state index contributed by atoms with van der Waals surface area (Å²) in [4.78, 5) is 21.3. The molecule has 0 saturated heterocycles. The van der Waals surface area contributed by atoms with Crippen LogP contribution in [0.1, 0.15) is 28.2 Å². The zero-order chi connectivity index (χ0) is 15.0. The third-order valence-electron chi connectivity index (χ3n) is 4.04. The first-order valence-electron chi connectivity index (χ1n) is 7.09. The summed E-state index contributed by atoms with van der Waals surface area (Å²) in [6.07, 6.45) is 0.758. The van der Waals surface area contributed by atoms with Crippen LogP contribution in [-0.4, -0.2) is 21.4 Å². The fourth-order valence-corrected chi connectivity index (χ4v) is 2.80. The highest BCUT2D eigenvalue weighted by Gasteiger charge is 2.21. The van der Waals surface area contributed by atoms with Crippen molar-refractivity contribution in [2.75, 3.05) is 6.54 Å². The number of nitrogens with one attached hydrogen (secondary N) is 1. The summed E-state index contributed by atoms with van der Waals surface area (Å²) in [6.45, 7) is 5.63. The molecule has 1 aliphatic rings. The minimum atomic E-state index is -0.181. The highest BCUT2D eigenvalue weighted by molar-refractivity contribution is 5.28. The summed E-state index contributed by atoms with van der Waals surface area (Å²) in [7, 11) is 0. The number of benzene rings is 1. The Hall–Kier alpha value is -2.01. The number of aryl methyl sites for hydroxylation is 1. The summed E-state index contributed by atoms with van der Waals surface area (Å²) in [6, 6.07) is 5.14. The van der Waals surface area contributed by atoms with Gasteiger partial charge in [-0.15, -0.1) is 0 Å². The monoisotopic (exact) mass is 287 g/mol. The van der Waals surface area contributed by atoms with Gasteiger partial charge in [0.1, 0.15) is 11.6 Å². The lowest BCUT2D eigenvalue weighted by atomic mass is 10.0. The largest absolute Gasteiger partial charge is 0.310 e. The minimum absolute atomic E-state index is 0.0573. The second kappa shape index (κ2) is 5.41. The van der Waals surface area contributed by atoms with Gasteiger partial charge in [0.15, 0.2) is 0 Å². The van der Waals surface area contributed by atoms with E-state index >= 15 is 0 Å². The molecule has 21 heavy (non-hydrogen) atoms. The molecule has 0 unspecified atom stereocenters. The summed E-state index contributed by atoms with van der Waals surface area (Å²) in [5.41, 5.74) is 3.22. The van der Waals surface area contributed by atoms with Crippen molar-refractivity contribution in [3.63, 3.8) is 0 Å². The van der Waals surface area contributed by atoms with Gasteiger partial charge in [0.05, 0.1) is 11.3 Å². The molecule has 1 aliphatic heterocycles. The van der Waals surface area contributed by atoms with Crippen LogP contribution in [0, 0.1) is 19.7 Å². The first kappa shape index (κ1) is 13.9. The van der Waals surface area contributed by atoms with Crippen LogP contribution >= 0.6 is 0 Å². The van der Waals surface area contributed by atoms with E-state index in [4.69, 9.17) is 0 Å². The van der Waals surface area contributed by atoms with E-state index in [1.54, 1.807) is 19.9 Å². The molecule has 3 rings (SSSR count). The SMILES string of the molecule is Cc1nc2c(c(=O)[nH]1)CN(Cc1cccc(F)c1C)CC2. The Labute approximate surface area is 122 Å². The Kier molecular flexibility index (Phi) is 3.59. The van der Waals surface area contributed by atoms with E-state index in [2.05, 4.69) is 14.9 Å². The topological polar surface area (TPSA) is 49.0 Å². The van der Waals surface area contributed by atoms with Crippen LogP contribution in [0.15, 0.2) is 23.0 Å². The van der Waals surface area contributed by atoms with Gasteiger partial charge < -0.3 is 4.98 Å². The predicted molar refractivity (Wildman–Crippen MR) is 78.5 cm³/mol. The molecule has 1 aromatic heterocycles. The Bertz CT molecular complexity index is 739. The maximum absolute atomic E-state index is 13.6. The number of halogens is 1. The molecule has 0 spiro atoms. The fourth-order valence-electron chi connectivity index (χ4n) is 2.80. The first-order chi connectivity index (χ1) is 10.0. The molecule has 0 atom stereocenters. The quantitative estimate of drug-likeness (QED) is 0.920. The second-order valence-corrected chi connectivity index (χ2v) is 5.56. The summed E-state index contributed by atoms with van der Waals surface area (Å²) in [5, 5.41) is 0. The van der Waals surface area contributed by atoms with Crippen LogP contribution in [0.5, 0.6) is 0 Å². The number of rotatable bonds is 2.